The molecule has 0 aromatic heterocycles. The molecule has 2 aromatic carbocycles. The summed E-state index contributed by atoms with van der Waals surface area (Å²) in [6, 6.07) is 8.88. The number of rotatable bonds is 3. The fraction of sp³-hybridized carbons (Fsp3) is 0.188. The minimum absolute atomic E-state index is 0.0315. The minimum Gasteiger partial charge on any atom is -0.326 e. The quantitative estimate of drug-likeness (QED) is 0.914. The van der Waals surface area contributed by atoms with Crippen LogP contribution in [0.4, 0.5) is 18.9 Å². The van der Waals surface area contributed by atoms with Crippen LogP contribution in [0, 0.1) is 23.4 Å². The van der Waals surface area contributed by atoms with Gasteiger partial charge in [0.05, 0.1) is 0 Å². The van der Waals surface area contributed by atoms with Gasteiger partial charge in [-0.3, -0.25) is 4.79 Å². The maximum atomic E-state index is 13.0. The summed E-state index contributed by atoms with van der Waals surface area (Å²) in [4.78, 5) is 12.0. The van der Waals surface area contributed by atoms with Gasteiger partial charge in [0.2, 0.25) is 5.91 Å². The van der Waals surface area contributed by atoms with Crippen LogP contribution in [0.5, 0.6) is 0 Å². The zero-order chi connectivity index (χ0) is 15.0. The summed E-state index contributed by atoms with van der Waals surface area (Å²) < 4.78 is 38.9. The molecule has 5 heteroatoms. The number of benzene rings is 2. The van der Waals surface area contributed by atoms with E-state index in [9.17, 15) is 18.0 Å². The molecule has 0 aliphatic heterocycles. The first kappa shape index (κ1) is 13.7. The highest BCUT2D eigenvalue weighted by Gasteiger charge is 2.43. The Morgan fingerprint density at radius 3 is 2.19 bits per heavy atom. The third-order valence-electron chi connectivity index (χ3n) is 3.56. The second kappa shape index (κ2) is 5.24. The number of hydrogen-bond acceptors (Lipinski definition) is 1. The summed E-state index contributed by atoms with van der Waals surface area (Å²) in [5.41, 5.74) is 0.990. The van der Waals surface area contributed by atoms with Gasteiger partial charge in [-0.25, -0.2) is 13.2 Å². The Morgan fingerprint density at radius 1 is 0.952 bits per heavy atom. The van der Waals surface area contributed by atoms with Gasteiger partial charge in [0.1, 0.15) is 17.5 Å². The van der Waals surface area contributed by atoms with Gasteiger partial charge >= 0.3 is 0 Å². The van der Waals surface area contributed by atoms with Crippen LogP contribution in [0.25, 0.3) is 0 Å². The van der Waals surface area contributed by atoms with Gasteiger partial charge in [-0.2, -0.15) is 0 Å². The molecule has 1 fully saturated rings. The van der Waals surface area contributed by atoms with Crippen LogP contribution in [-0.2, 0) is 4.79 Å². The third kappa shape index (κ3) is 3.07. The van der Waals surface area contributed by atoms with Crippen LogP contribution >= 0.6 is 0 Å². The second-order valence-corrected chi connectivity index (χ2v) is 5.15. The molecule has 1 saturated carbocycles. The lowest BCUT2D eigenvalue weighted by atomic mass is 10.1. The first-order valence-electron chi connectivity index (χ1n) is 6.55. The van der Waals surface area contributed by atoms with Gasteiger partial charge in [0.15, 0.2) is 0 Å². The van der Waals surface area contributed by atoms with E-state index in [4.69, 9.17) is 0 Å². The summed E-state index contributed by atoms with van der Waals surface area (Å²) in [5, 5.41) is 2.50. The van der Waals surface area contributed by atoms with Crippen LogP contribution in [0.2, 0.25) is 0 Å². The molecule has 2 unspecified atom stereocenters. The zero-order valence-electron chi connectivity index (χ0n) is 10.9. The second-order valence-electron chi connectivity index (χ2n) is 5.15. The number of amides is 1. The van der Waals surface area contributed by atoms with Gasteiger partial charge in [-0.05, 0) is 42.2 Å². The predicted molar refractivity (Wildman–Crippen MR) is 72.2 cm³/mol. The molecule has 108 valence electrons. The molecule has 1 aliphatic rings. The Hall–Kier alpha value is -2.30. The molecule has 0 heterocycles. The van der Waals surface area contributed by atoms with E-state index < -0.39 is 11.6 Å². The van der Waals surface area contributed by atoms with E-state index in [0.717, 1.165) is 23.8 Å². The maximum absolute atomic E-state index is 13.0. The fourth-order valence-electron chi connectivity index (χ4n) is 2.42. The number of carbonyl (C=O) groups excluding carboxylic acids is 1. The van der Waals surface area contributed by atoms with Crippen molar-refractivity contribution in [2.24, 2.45) is 5.92 Å². The molecule has 0 saturated heterocycles. The average Bonchev–Trinajstić information content (AvgIpc) is 3.18. The van der Waals surface area contributed by atoms with Crippen LogP contribution in [-0.4, -0.2) is 5.91 Å². The van der Waals surface area contributed by atoms with E-state index in [0.29, 0.717) is 6.42 Å². The molecule has 1 amide bonds. The van der Waals surface area contributed by atoms with Crippen molar-refractivity contribution in [3.63, 3.8) is 0 Å². The number of carbonyl (C=O) groups is 1. The third-order valence-corrected chi connectivity index (χ3v) is 3.56. The van der Waals surface area contributed by atoms with Gasteiger partial charge in [0, 0.05) is 17.7 Å². The first-order valence-corrected chi connectivity index (χ1v) is 6.55. The van der Waals surface area contributed by atoms with Crippen LogP contribution in [0.3, 0.4) is 0 Å². The summed E-state index contributed by atoms with van der Waals surface area (Å²) in [7, 11) is 0. The summed E-state index contributed by atoms with van der Waals surface area (Å²) >= 11 is 0. The van der Waals surface area contributed by atoms with E-state index in [2.05, 4.69) is 5.32 Å². The van der Waals surface area contributed by atoms with Crippen molar-refractivity contribution in [1.29, 1.82) is 0 Å². The molecule has 2 nitrogen and oxygen atoms in total. The number of halogens is 3. The molecule has 21 heavy (non-hydrogen) atoms. The Morgan fingerprint density at radius 2 is 1.57 bits per heavy atom. The highest BCUT2D eigenvalue weighted by molar-refractivity contribution is 5.95. The lowest BCUT2D eigenvalue weighted by molar-refractivity contribution is -0.117. The lowest BCUT2D eigenvalue weighted by Crippen LogP contribution is -2.14. The van der Waals surface area contributed by atoms with Crippen molar-refractivity contribution in [1.82, 2.24) is 0 Å². The van der Waals surface area contributed by atoms with Crippen molar-refractivity contribution in [2.45, 2.75) is 12.3 Å². The molecule has 2 aromatic rings. The molecular weight excluding hydrogens is 279 g/mol. The van der Waals surface area contributed by atoms with Crippen molar-refractivity contribution in [3.05, 3.63) is 65.5 Å². The topological polar surface area (TPSA) is 29.1 Å². The fourth-order valence-corrected chi connectivity index (χ4v) is 2.42. The molecule has 1 N–H and O–H groups in total. The molecule has 0 spiro atoms. The summed E-state index contributed by atoms with van der Waals surface area (Å²) in [5.74, 6) is -2.30. The van der Waals surface area contributed by atoms with Crippen molar-refractivity contribution in [2.75, 3.05) is 5.32 Å². The highest BCUT2D eigenvalue weighted by atomic mass is 19.1. The van der Waals surface area contributed by atoms with Crippen molar-refractivity contribution < 1.29 is 18.0 Å². The van der Waals surface area contributed by atoms with Crippen molar-refractivity contribution in [3.8, 4) is 0 Å². The molecule has 0 radical (unpaired) electrons. The molecular formula is C16H12F3NO. The average molecular weight is 291 g/mol. The van der Waals surface area contributed by atoms with Crippen molar-refractivity contribution >= 4 is 11.6 Å². The smallest absolute Gasteiger partial charge is 0.228 e. The zero-order valence-corrected chi connectivity index (χ0v) is 10.9. The monoisotopic (exact) mass is 291 g/mol. The number of anilines is 1. The van der Waals surface area contributed by atoms with E-state index >= 15 is 0 Å². The van der Waals surface area contributed by atoms with E-state index in [-0.39, 0.29) is 29.2 Å². The minimum atomic E-state index is -0.740. The molecule has 3 rings (SSSR count). The first-order chi connectivity index (χ1) is 10.0. The van der Waals surface area contributed by atoms with Crippen LogP contribution in [0.15, 0.2) is 42.5 Å². The largest absolute Gasteiger partial charge is 0.326 e. The SMILES string of the molecule is O=C(Nc1cc(F)cc(F)c1)C1CC1c1ccc(F)cc1. The standard InChI is InChI=1S/C16H12F3NO/c17-10-3-1-9(2-4-10)14-8-15(14)16(21)20-13-6-11(18)5-12(19)7-13/h1-7,14-15H,8H2,(H,20,21). The number of nitrogens with one attached hydrogen (secondary N) is 1. The Balaban J connectivity index is 1.66. The highest BCUT2D eigenvalue weighted by Crippen LogP contribution is 2.48. The van der Waals surface area contributed by atoms with Gasteiger partial charge in [-0.15, -0.1) is 0 Å². The Labute approximate surface area is 119 Å². The molecule has 2 atom stereocenters. The van der Waals surface area contributed by atoms with Gasteiger partial charge in [-0.1, -0.05) is 12.1 Å². The maximum Gasteiger partial charge on any atom is 0.228 e. The van der Waals surface area contributed by atoms with Crippen LogP contribution in [0.1, 0.15) is 17.9 Å². The molecule has 0 bridgehead atoms. The number of hydrogen-bond donors (Lipinski definition) is 1. The molecule has 1 aliphatic carbocycles. The van der Waals surface area contributed by atoms with E-state index in [1.165, 1.54) is 12.1 Å². The summed E-state index contributed by atoms with van der Waals surface area (Å²) in [6.45, 7) is 0. The van der Waals surface area contributed by atoms with Gasteiger partial charge in [0.25, 0.3) is 0 Å². The van der Waals surface area contributed by atoms with Gasteiger partial charge < -0.3 is 5.32 Å². The Bertz CT molecular complexity index is 664. The van der Waals surface area contributed by atoms with Crippen LogP contribution < -0.4 is 5.32 Å². The summed E-state index contributed by atoms with van der Waals surface area (Å²) in [6.07, 6.45) is 0.648. The van der Waals surface area contributed by atoms with E-state index in [1.807, 2.05) is 0 Å². The predicted octanol–water partition coefficient (Wildman–Crippen LogP) is 3.85. The van der Waals surface area contributed by atoms with E-state index in [1.54, 1.807) is 12.1 Å². The lowest BCUT2D eigenvalue weighted by Gasteiger charge is -2.05. The Kier molecular flexibility index (Phi) is 3.41. The normalized spacial score (nSPS) is 20.1.